The lowest BCUT2D eigenvalue weighted by atomic mass is 10.1. The second-order valence-corrected chi connectivity index (χ2v) is 7.25. The molecule has 96 valence electrons. The van der Waals surface area contributed by atoms with Gasteiger partial charge in [-0.3, -0.25) is 0 Å². The summed E-state index contributed by atoms with van der Waals surface area (Å²) < 4.78 is 19.2. The van der Waals surface area contributed by atoms with E-state index >= 15 is 0 Å². The molecule has 1 aromatic carbocycles. The Bertz CT molecular complexity index is 554. The van der Waals surface area contributed by atoms with E-state index < -0.39 is 0 Å². The van der Waals surface area contributed by atoms with E-state index in [1.165, 1.54) is 24.5 Å². The predicted molar refractivity (Wildman–Crippen MR) is 80.8 cm³/mol. The van der Waals surface area contributed by atoms with Gasteiger partial charge < -0.3 is 4.74 Å². The topological polar surface area (TPSA) is 9.23 Å². The van der Waals surface area contributed by atoms with Gasteiger partial charge in [0, 0.05) is 4.88 Å². The SMILES string of the molecule is COc1cc(C(Br)c2cc(Cl)c(Br)s2)ccc1F. The summed E-state index contributed by atoms with van der Waals surface area (Å²) >= 11 is 14.5. The zero-order valence-corrected chi connectivity index (χ0v) is 14.0. The summed E-state index contributed by atoms with van der Waals surface area (Å²) in [5.41, 5.74) is 0.915. The largest absolute Gasteiger partial charge is 0.494 e. The van der Waals surface area contributed by atoms with Crippen LogP contribution in [0, 0.1) is 5.82 Å². The van der Waals surface area contributed by atoms with E-state index in [1.54, 1.807) is 12.1 Å². The van der Waals surface area contributed by atoms with Crippen LogP contribution >= 0.6 is 54.8 Å². The summed E-state index contributed by atoms with van der Waals surface area (Å²) in [5, 5.41) is 0.675. The zero-order chi connectivity index (χ0) is 13.3. The maximum atomic E-state index is 13.3. The average Bonchev–Trinajstić information content (AvgIpc) is 2.69. The van der Waals surface area contributed by atoms with E-state index in [2.05, 4.69) is 31.9 Å². The summed E-state index contributed by atoms with van der Waals surface area (Å²) in [7, 11) is 1.45. The third-order valence-electron chi connectivity index (χ3n) is 2.38. The highest BCUT2D eigenvalue weighted by atomic mass is 79.9. The molecule has 0 saturated carbocycles. The number of thiophene rings is 1. The van der Waals surface area contributed by atoms with E-state index in [4.69, 9.17) is 16.3 Å². The molecule has 1 heterocycles. The van der Waals surface area contributed by atoms with E-state index in [-0.39, 0.29) is 16.4 Å². The molecular weight excluding hydrogens is 406 g/mol. The average molecular weight is 415 g/mol. The number of ether oxygens (including phenoxy) is 1. The molecule has 0 bridgehead atoms. The molecular formula is C12H8Br2ClFOS. The van der Waals surface area contributed by atoms with Gasteiger partial charge in [0.25, 0.3) is 0 Å². The standard InChI is InChI=1S/C12H8Br2ClFOS/c1-17-9-4-6(2-3-8(9)16)11(13)10-5-7(15)12(14)18-10/h2-5,11H,1H3. The Balaban J connectivity index is 2.36. The van der Waals surface area contributed by atoms with Crippen molar-refractivity contribution in [3.05, 3.63) is 49.3 Å². The highest BCUT2D eigenvalue weighted by Crippen LogP contribution is 2.41. The van der Waals surface area contributed by atoms with Crippen LogP contribution < -0.4 is 4.74 Å². The number of methoxy groups -OCH3 is 1. The molecule has 2 aromatic rings. The molecule has 1 atom stereocenters. The van der Waals surface area contributed by atoms with Gasteiger partial charge in [-0.1, -0.05) is 33.6 Å². The van der Waals surface area contributed by atoms with E-state index in [9.17, 15) is 4.39 Å². The first-order valence-electron chi connectivity index (χ1n) is 4.95. The normalized spacial score (nSPS) is 12.5. The van der Waals surface area contributed by atoms with Crippen LogP contribution in [-0.4, -0.2) is 7.11 Å². The van der Waals surface area contributed by atoms with Gasteiger partial charge in [0.15, 0.2) is 11.6 Å². The lowest BCUT2D eigenvalue weighted by molar-refractivity contribution is 0.386. The first kappa shape index (κ1) is 14.3. The fourth-order valence-electron chi connectivity index (χ4n) is 1.49. The fraction of sp³-hybridized carbons (Fsp3) is 0.167. The van der Waals surface area contributed by atoms with Gasteiger partial charge in [0.05, 0.1) is 20.7 Å². The second-order valence-electron chi connectivity index (χ2n) is 3.53. The van der Waals surface area contributed by atoms with E-state index in [0.29, 0.717) is 5.02 Å². The van der Waals surface area contributed by atoms with Crippen LogP contribution in [0.2, 0.25) is 5.02 Å². The molecule has 0 aliphatic carbocycles. The number of rotatable bonds is 3. The Kier molecular flexibility index (Phi) is 4.69. The molecule has 0 aliphatic heterocycles. The maximum Gasteiger partial charge on any atom is 0.165 e. The molecule has 6 heteroatoms. The van der Waals surface area contributed by atoms with Gasteiger partial charge in [0.1, 0.15) is 0 Å². The van der Waals surface area contributed by atoms with Crippen LogP contribution in [0.1, 0.15) is 15.3 Å². The van der Waals surface area contributed by atoms with Crippen molar-refractivity contribution in [1.82, 2.24) is 0 Å². The van der Waals surface area contributed by atoms with Crippen LogP contribution in [-0.2, 0) is 0 Å². The van der Waals surface area contributed by atoms with Crippen LogP contribution in [0.3, 0.4) is 0 Å². The molecule has 1 unspecified atom stereocenters. The predicted octanol–water partition coefficient (Wildman–Crippen LogP) is 5.80. The van der Waals surface area contributed by atoms with Gasteiger partial charge >= 0.3 is 0 Å². The smallest absolute Gasteiger partial charge is 0.165 e. The number of benzene rings is 1. The van der Waals surface area contributed by atoms with Crippen molar-refractivity contribution >= 4 is 54.8 Å². The Hall–Kier alpha value is -0.100. The summed E-state index contributed by atoms with van der Waals surface area (Å²) in [4.78, 5) is 1.00. The highest BCUT2D eigenvalue weighted by molar-refractivity contribution is 9.11. The molecule has 0 spiro atoms. The number of halogens is 4. The summed E-state index contributed by atoms with van der Waals surface area (Å²) in [6.45, 7) is 0. The molecule has 0 fully saturated rings. The van der Waals surface area contributed by atoms with Gasteiger partial charge in [-0.05, 0) is 39.7 Å². The minimum atomic E-state index is -0.369. The molecule has 0 aliphatic rings. The zero-order valence-electron chi connectivity index (χ0n) is 9.22. The summed E-state index contributed by atoms with van der Waals surface area (Å²) in [6, 6.07) is 6.67. The quantitative estimate of drug-likeness (QED) is 0.577. The Labute approximate surface area is 130 Å². The van der Waals surface area contributed by atoms with Crippen molar-refractivity contribution in [3.8, 4) is 5.75 Å². The second kappa shape index (κ2) is 5.90. The molecule has 1 aromatic heterocycles. The lowest BCUT2D eigenvalue weighted by Crippen LogP contribution is -1.94. The first-order chi connectivity index (χ1) is 8.52. The molecule has 0 amide bonds. The highest BCUT2D eigenvalue weighted by Gasteiger charge is 2.16. The molecule has 2 rings (SSSR count). The number of hydrogen-bond acceptors (Lipinski definition) is 2. The van der Waals surface area contributed by atoms with Crippen LogP contribution in [0.4, 0.5) is 4.39 Å². The van der Waals surface area contributed by atoms with Crippen molar-refractivity contribution in [2.24, 2.45) is 0 Å². The van der Waals surface area contributed by atoms with Gasteiger partial charge in [-0.25, -0.2) is 4.39 Å². The van der Waals surface area contributed by atoms with Crippen molar-refractivity contribution in [1.29, 1.82) is 0 Å². The van der Waals surface area contributed by atoms with Crippen molar-refractivity contribution in [3.63, 3.8) is 0 Å². The Morgan fingerprint density at radius 2 is 2.11 bits per heavy atom. The van der Waals surface area contributed by atoms with Crippen LogP contribution in [0.15, 0.2) is 28.1 Å². The summed E-state index contributed by atoms with van der Waals surface area (Å²) in [5.74, 6) is -0.134. The molecule has 0 saturated heterocycles. The van der Waals surface area contributed by atoms with Gasteiger partial charge in [-0.15, -0.1) is 11.3 Å². The third kappa shape index (κ3) is 2.90. The first-order valence-corrected chi connectivity index (χ1v) is 7.85. The van der Waals surface area contributed by atoms with Gasteiger partial charge in [-0.2, -0.15) is 0 Å². The fourth-order valence-corrected chi connectivity index (χ4v) is 3.94. The minimum absolute atomic E-state index is 0.0409. The molecule has 1 nitrogen and oxygen atoms in total. The van der Waals surface area contributed by atoms with Crippen molar-refractivity contribution in [2.75, 3.05) is 7.11 Å². The lowest BCUT2D eigenvalue weighted by Gasteiger charge is -2.10. The van der Waals surface area contributed by atoms with E-state index in [0.717, 1.165) is 14.2 Å². The monoisotopic (exact) mass is 412 g/mol. The Morgan fingerprint density at radius 3 is 2.67 bits per heavy atom. The number of hydrogen-bond donors (Lipinski definition) is 0. The van der Waals surface area contributed by atoms with Gasteiger partial charge in [0.2, 0.25) is 0 Å². The third-order valence-corrected chi connectivity index (χ3v) is 6.25. The molecule has 0 radical (unpaired) electrons. The Morgan fingerprint density at radius 1 is 1.39 bits per heavy atom. The summed E-state index contributed by atoms with van der Waals surface area (Å²) in [6.07, 6.45) is 0. The molecule has 0 N–H and O–H groups in total. The molecule has 18 heavy (non-hydrogen) atoms. The minimum Gasteiger partial charge on any atom is -0.494 e. The van der Waals surface area contributed by atoms with Crippen molar-refractivity contribution in [2.45, 2.75) is 4.83 Å². The maximum absolute atomic E-state index is 13.3. The van der Waals surface area contributed by atoms with Crippen molar-refractivity contribution < 1.29 is 9.13 Å². The number of alkyl halides is 1. The van der Waals surface area contributed by atoms with Crippen LogP contribution in [0.25, 0.3) is 0 Å². The van der Waals surface area contributed by atoms with Crippen LogP contribution in [0.5, 0.6) is 5.75 Å². The van der Waals surface area contributed by atoms with E-state index in [1.807, 2.05) is 6.07 Å².